The van der Waals surface area contributed by atoms with Crippen LogP contribution in [0.1, 0.15) is 35.2 Å². The smallest absolute Gasteiger partial charge is 0.326 e. The second-order valence-corrected chi connectivity index (χ2v) is 5.30. The maximum Gasteiger partial charge on any atom is 0.326 e. The average Bonchev–Trinajstić information content (AvgIpc) is 2.36. The number of amides is 1. The Morgan fingerprint density at radius 2 is 2.05 bits per heavy atom. The summed E-state index contributed by atoms with van der Waals surface area (Å²) >= 11 is 5.94. The molecule has 5 heteroatoms. The number of carboxylic acid groups (broad SMARTS) is 1. The number of hydrogen-bond acceptors (Lipinski definition) is 2. The molecular formula is C14H16ClNO3. The molecule has 0 bridgehead atoms. The summed E-state index contributed by atoms with van der Waals surface area (Å²) in [6, 6.07) is 4.37. The second-order valence-electron chi connectivity index (χ2n) is 4.87. The largest absolute Gasteiger partial charge is 0.480 e. The highest BCUT2D eigenvalue weighted by Gasteiger charge is 2.32. The van der Waals surface area contributed by atoms with Crippen LogP contribution in [-0.4, -0.2) is 34.5 Å². The molecule has 1 fully saturated rings. The molecule has 1 aromatic rings. The van der Waals surface area contributed by atoms with Gasteiger partial charge in [0.2, 0.25) is 0 Å². The number of likely N-dealkylation sites (tertiary alicyclic amines) is 1. The third kappa shape index (κ3) is 3.07. The van der Waals surface area contributed by atoms with E-state index in [0.717, 1.165) is 18.4 Å². The molecule has 1 saturated heterocycles. The van der Waals surface area contributed by atoms with Crippen LogP contribution < -0.4 is 0 Å². The van der Waals surface area contributed by atoms with Gasteiger partial charge < -0.3 is 10.0 Å². The van der Waals surface area contributed by atoms with Gasteiger partial charge in [0.05, 0.1) is 0 Å². The minimum absolute atomic E-state index is 0.252. The van der Waals surface area contributed by atoms with Crippen LogP contribution in [0.25, 0.3) is 0 Å². The van der Waals surface area contributed by atoms with E-state index < -0.39 is 12.0 Å². The number of halogens is 1. The fourth-order valence-electron chi connectivity index (χ4n) is 2.46. The molecule has 0 aromatic heterocycles. The van der Waals surface area contributed by atoms with Gasteiger partial charge in [0.1, 0.15) is 6.04 Å². The van der Waals surface area contributed by atoms with E-state index in [0.29, 0.717) is 23.6 Å². The Bertz CT molecular complexity index is 495. The molecule has 1 aliphatic rings. The summed E-state index contributed by atoms with van der Waals surface area (Å²) in [5, 5.41) is 9.69. The summed E-state index contributed by atoms with van der Waals surface area (Å²) in [5.41, 5.74) is 1.35. The van der Waals surface area contributed by atoms with Crippen molar-refractivity contribution in [2.75, 3.05) is 6.54 Å². The van der Waals surface area contributed by atoms with Gasteiger partial charge >= 0.3 is 5.97 Å². The molecule has 1 aromatic carbocycles. The van der Waals surface area contributed by atoms with Crippen LogP contribution in [0.3, 0.4) is 0 Å². The zero-order chi connectivity index (χ0) is 14.0. The molecule has 102 valence electrons. The minimum atomic E-state index is -0.938. The number of carbonyl (C=O) groups excluding carboxylic acids is 1. The van der Waals surface area contributed by atoms with Gasteiger partial charge in [-0.2, -0.15) is 0 Å². The number of hydrogen-bond donors (Lipinski definition) is 1. The first kappa shape index (κ1) is 13.9. The SMILES string of the molecule is Cc1cc(Cl)cc(C(=O)N2CCCC[C@@H]2C(=O)O)c1. The lowest BCUT2D eigenvalue weighted by Crippen LogP contribution is -2.48. The van der Waals surface area contributed by atoms with Crippen LogP contribution in [0.4, 0.5) is 0 Å². The van der Waals surface area contributed by atoms with Gasteiger partial charge in [0.15, 0.2) is 0 Å². The van der Waals surface area contributed by atoms with Crippen molar-refractivity contribution in [2.45, 2.75) is 32.2 Å². The maximum absolute atomic E-state index is 12.4. The van der Waals surface area contributed by atoms with Crippen molar-refractivity contribution < 1.29 is 14.7 Å². The fraction of sp³-hybridized carbons (Fsp3) is 0.429. The lowest BCUT2D eigenvalue weighted by atomic mass is 10.0. The summed E-state index contributed by atoms with van der Waals surface area (Å²) in [7, 11) is 0. The highest BCUT2D eigenvalue weighted by Crippen LogP contribution is 2.22. The number of rotatable bonds is 2. The number of nitrogens with zero attached hydrogens (tertiary/aromatic N) is 1. The zero-order valence-corrected chi connectivity index (χ0v) is 11.5. The predicted octanol–water partition coefficient (Wildman–Crippen LogP) is 2.73. The molecule has 0 saturated carbocycles. The van der Waals surface area contributed by atoms with Crippen molar-refractivity contribution in [1.82, 2.24) is 4.90 Å². The first-order valence-electron chi connectivity index (χ1n) is 6.30. The highest BCUT2D eigenvalue weighted by molar-refractivity contribution is 6.31. The van der Waals surface area contributed by atoms with Gasteiger partial charge in [-0.15, -0.1) is 0 Å². The molecule has 1 heterocycles. The molecule has 1 aliphatic heterocycles. The normalized spacial score (nSPS) is 19.3. The molecule has 0 spiro atoms. The Morgan fingerprint density at radius 3 is 2.68 bits per heavy atom. The monoisotopic (exact) mass is 281 g/mol. The standard InChI is InChI=1S/C14H16ClNO3/c1-9-6-10(8-11(15)7-9)13(17)16-5-3-2-4-12(16)14(18)19/h6-8,12H,2-5H2,1H3,(H,18,19)/t12-/m1/s1. The maximum atomic E-state index is 12.4. The highest BCUT2D eigenvalue weighted by atomic mass is 35.5. The Labute approximate surface area is 117 Å². The topological polar surface area (TPSA) is 57.6 Å². The Balaban J connectivity index is 2.28. The summed E-state index contributed by atoms with van der Waals surface area (Å²) < 4.78 is 0. The van der Waals surface area contributed by atoms with E-state index in [1.165, 1.54) is 4.90 Å². The molecule has 19 heavy (non-hydrogen) atoms. The zero-order valence-electron chi connectivity index (χ0n) is 10.7. The van der Waals surface area contributed by atoms with Crippen molar-refractivity contribution in [2.24, 2.45) is 0 Å². The molecule has 1 atom stereocenters. The Kier molecular flexibility index (Phi) is 4.10. The van der Waals surface area contributed by atoms with Gasteiger partial charge in [-0.05, 0) is 49.9 Å². The molecule has 1 amide bonds. The number of piperidine rings is 1. The fourth-order valence-corrected chi connectivity index (χ4v) is 2.75. The number of carbonyl (C=O) groups is 2. The number of benzene rings is 1. The van der Waals surface area contributed by atoms with Crippen LogP contribution in [0.2, 0.25) is 5.02 Å². The Hall–Kier alpha value is -1.55. The molecule has 0 unspecified atom stereocenters. The van der Waals surface area contributed by atoms with E-state index in [1.54, 1.807) is 18.2 Å². The third-order valence-corrected chi connectivity index (χ3v) is 3.56. The average molecular weight is 282 g/mol. The second kappa shape index (κ2) is 5.61. The van der Waals surface area contributed by atoms with E-state index in [-0.39, 0.29) is 5.91 Å². The van der Waals surface area contributed by atoms with E-state index in [2.05, 4.69) is 0 Å². The van der Waals surface area contributed by atoms with Gasteiger partial charge in [-0.25, -0.2) is 4.79 Å². The first-order valence-corrected chi connectivity index (χ1v) is 6.68. The molecule has 2 rings (SSSR count). The number of aryl methyl sites for hydroxylation is 1. The Morgan fingerprint density at radius 1 is 1.32 bits per heavy atom. The number of aliphatic carboxylic acids is 1. The predicted molar refractivity (Wildman–Crippen MR) is 72.5 cm³/mol. The summed E-state index contributed by atoms with van der Waals surface area (Å²) in [4.78, 5) is 25.1. The van der Waals surface area contributed by atoms with Gasteiger partial charge in [0, 0.05) is 17.1 Å². The molecule has 0 aliphatic carbocycles. The van der Waals surface area contributed by atoms with Gasteiger partial charge in [-0.3, -0.25) is 4.79 Å². The summed E-state index contributed by atoms with van der Waals surface area (Å²) in [6.07, 6.45) is 2.20. The van der Waals surface area contributed by atoms with Crippen LogP contribution in [-0.2, 0) is 4.79 Å². The van der Waals surface area contributed by atoms with Gasteiger partial charge in [0.25, 0.3) is 5.91 Å². The van der Waals surface area contributed by atoms with Crippen molar-refractivity contribution >= 4 is 23.5 Å². The first-order chi connectivity index (χ1) is 8.99. The van der Waals surface area contributed by atoms with Crippen LogP contribution in [0, 0.1) is 6.92 Å². The van der Waals surface area contributed by atoms with Gasteiger partial charge in [-0.1, -0.05) is 11.6 Å². The van der Waals surface area contributed by atoms with Crippen molar-refractivity contribution in [3.63, 3.8) is 0 Å². The number of carboxylic acids is 1. The lowest BCUT2D eigenvalue weighted by molar-refractivity contribution is -0.143. The minimum Gasteiger partial charge on any atom is -0.480 e. The van der Waals surface area contributed by atoms with Crippen LogP contribution >= 0.6 is 11.6 Å². The van der Waals surface area contributed by atoms with Crippen molar-refractivity contribution in [3.8, 4) is 0 Å². The van der Waals surface area contributed by atoms with Crippen LogP contribution in [0.5, 0.6) is 0 Å². The van der Waals surface area contributed by atoms with E-state index in [4.69, 9.17) is 11.6 Å². The van der Waals surface area contributed by atoms with E-state index in [9.17, 15) is 14.7 Å². The summed E-state index contributed by atoms with van der Waals surface area (Å²) in [5.74, 6) is -1.19. The third-order valence-electron chi connectivity index (χ3n) is 3.34. The quantitative estimate of drug-likeness (QED) is 0.907. The lowest BCUT2D eigenvalue weighted by Gasteiger charge is -2.33. The molecule has 0 radical (unpaired) electrons. The van der Waals surface area contributed by atoms with E-state index >= 15 is 0 Å². The summed E-state index contributed by atoms with van der Waals surface area (Å²) in [6.45, 7) is 2.34. The molecule has 4 nitrogen and oxygen atoms in total. The van der Waals surface area contributed by atoms with E-state index in [1.807, 2.05) is 6.92 Å². The molecule has 1 N–H and O–H groups in total. The van der Waals surface area contributed by atoms with Crippen molar-refractivity contribution in [3.05, 3.63) is 34.3 Å². The van der Waals surface area contributed by atoms with Crippen molar-refractivity contribution in [1.29, 1.82) is 0 Å². The van der Waals surface area contributed by atoms with Crippen LogP contribution in [0.15, 0.2) is 18.2 Å². The molecular weight excluding hydrogens is 266 g/mol.